The molecule has 0 aromatic carbocycles. The Kier molecular flexibility index (Phi) is 5.62. The highest BCUT2D eigenvalue weighted by Gasteiger charge is 2.15. The Labute approximate surface area is 85.1 Å². The first kappa shape index (κ1) is 12.4. The van der Waals surface area contributed by atoms with Crippen molar-refractivity contribution >= 4 is 23.1 Å². The molecule has 0 bridgehead atoms. The van der Waals surface area contributed by atoms with Gasteiger partial charge in [-0.3, -0.25) is 4.79 Å². The molecule has 0 aromatic heterocycles. The van der Waals surface area contributed by atoms with Crippen molar-refractivity contribution in [1.29, 1.82) is 0 Å². The average molecular weight is 202 g/mol. The molecule has 0 aliphatic carbocycles. The summed E-state index contributed by atoms with van der Waals surface area (Å²) in [6.45, 7) is 6.59. The highest BCUT2D eigenvalue weighted by molar-refractivity contribution is 7.80. The zero-order valence-corrected chi connectivity index (χ0v) is 9.28. The van der Waals surface area contributed by atoms with E-state index < -0.39 is 0 Å². The second-order valence-electron chi connectivity index (χ2n) is 3.38. The van der Waals surface area contributed by atoms with Crippen molar-refractivity contribution < 1.29 is 4.79 Å². The van der Waals surface area contributed by atoms with Crippen molar-refractivity contribution in [1.82, 2.24) is 5.32 Å². The molecule has 0 radical (unpaired) electrons. The van der Waals surface area contributed by atoms with E-state index in [2.05, 4.69) is 19.2 Å². The van der Waals surface area contributed by atoms with Crippen LogP contribution in [0.3, 0.4) is 0 Å². The first-order valence-corrected chi connectivity index (χ1v) is 4.96. The van der Waals surface area contributed by atoms with E-state index in [-0.39, 0.29) is 16.8 Å². The largest absolute Gasteiger partial charge is 0.393 e. The predicted molar refractivity (Wildman–Crippen MR) is 58.4 cm³/mol. The van der Waals surface area contributed by atoms with Crippen LogP contribution in [0.15, 0.2) is 0 Å². The lowest BCUT2D eigenvalue weighted by Gasteiger charge is -2.13. The van der Waals surface area contributed by atoms with Gasteiger partial charge in [0.1, 0.15) is 0 Å². The average Bonchev–Trinajstić information content (AvgIpc) is 2.11. The number of hydrogen-bond acceptors (Lipinski definition) is 2. The minimum Gasteiger partial charge on any atom is -0.393 e. The summed E-state index contributed by atoms with van der Waals surface area (Å²) in [6.07, 6.45) is 1.06. The van der Waals surface area contributed by atoms with Crippen LogP contribution in [0, 0.1) is 11.8 Å². The summed E-state index contributed by atoms with van der Waals surface area (Å²) in [5.41, 5.74) is 5.35. The normalized spacial score (nSPS) is 14.7. The van der Waals surface area contributed by atoms with Crippen LogP contribution >= 0.6 is 12.2 Å². The van der Waals surface area contributed by atoms with Gasteiger partial charge in [0, 0.05) is 6.54 Å². The molecule has 3 nitrogen and oxygen atoms in total. The summed E-state index contributed by atoms with van der Waals surface area (Å²) in [4.78, 5) is 11.6. The van der Waals surface area contributed by atoms with Gasteiger partial charge in [0.25, 0.3) is 0 Å². The van der Waals surface area contributed by atoms with Crippen LogP contribution < -0.4 is 11.1 Å². The number of carbonyl (C=O) groups is 1. The summed E-state index contributed by atoms with van der Waals surface area (Å²) in [5, 5.41) is 2.81. The standard InChI is InChI=1S/C9H18N2OS/c1-4-6(2)5-11-9(12)7(3)8(10)13/h6-7H,4-5H2,1-3H3,(H2,10,13)(H,11,12). The molecular formula is C9H18N2OS. The Balaban J connectivity index is 3.81. The summed E-state index contributed by atoms with van der Waals surface area (Å²) in [7, 11) is 0. The molecule has 3 N–H and O–H groups in total. The summed E-state index contributed by atoms with van der Waals surface area (Å²) in [5.74, 6) is 0.0642. The number of hydrogen-bond donors (Lipinski definition) is 2. The van der Waals surface area contributed by atoms with Gasteiger partial charge in [-0.1, -0.05) is 32.5 Å². The lowest BCUT2D eigenvalue weighted by Crippen LogP contribution is -2.37. The smallest absolute Gasteiger partial charge is 0.229 e. The number of carbonyl (C=O) groups excluding carboxylic acids is 1. The molecular weight excluding hydrogens is 184 g/mol. The lowest BCUT2D eigenvalue weighted by atomic mass is 10.1. The fourth-order valence-electron chi connectivity index (χ4n) is 0.701. The Morgan fingerprint density at radius 2 is 2.08 bits per heavy atom. The molecule has 0 rings (SSSR count). The van der Waals surface area contributed by atoms with Gasteiger partial charge in [0.15, 0.2) is 0 Å². The van der Waals surface area contributed by atoms with Gasteiger partial charge in [0.2, 0.25) is 5.91 Å². The van der Waals surface area contributed by atoms with Gasteiger partial charge >= 0.3 is 0 Å². The van der Waals surface area contributed by atoms with E-state index in [9.17, 15) is 4.79 Å². The second kappa shape index (κ2) is 5.91. The molecule has 1 amide bonds. The van der Waals surface area contributed by atoms with Gasteiger partial charge < -0.3 is 11.1 Å². The topological polar surface area (TPSA) is 55.1 Å². The van der Waals surface area contributed by atoms with E-state index in [1.165, 1.54) is 0 Å². The van der Waals surface area contributed by atoms with E-state index in [1.807, 2.05) is 0 Å². The van der Waals surface area contributed by atoms with Crippen molar-refractivity contribution in [2.45, 2.75) is 27.2 Å². The number of thiocarbonyl (C=S) groups is 1. The van der Waals surface area contributed by atoms with Gasteiger partial charge in [-0.2, -0.15) is 0 Å². The molecule has 0 aliphatic heterocycles. The molecule has 0 saturated carbocycles. The van der Waals surface area contributed by atoms with E-state index in [1.54, 1.807) is 6.92 Å². The Morgan fingerprint density at radius 3 is 2.46 bits per heavy atom. The summed E-state index contributed by atoms with van der Waals surface area (Å²) < 4.78 is 0. The van der Waals surface area contributed by atoms with Crippen LogP contribution in [0.5, 0.6) is 0 Å². The second-order valence-corrected chi connectivity index (χ2v) is 3.85. The maximum atomic E-state index is 11.3. The lowest BCUT2D eigenvalue weighted by molar-refractivity contribution is -0.122. The molecule has 0 fully saturated rings. The number of nitrogens with two attached hydrogens (primary N) is 1. The third kappa shape index (κ3) is 4.83. The van der Waals surface area contributed by atoms with Crippen molar-refractivity contribution in [3.8, 4) is 0 Å². The highest BCUT2D eigenvalue weighted by atomic mass is 32.1. The van der Waals surface area contributed by atoms with Crippen LogP contribution in [0.4, 0.5) is 0 Å². The number of rotatable bonds is 5. The van der Waals surface area contributed by atoms with E-state index in [0.29, 0.717) is 12.5 Å². The highest BCUT2D eigenvalue weighted by Crippen LogP contribution is 1.99. The molecule has 0 heterocycles. The van der Waals surface area contributed by atoms with E-state index in [0.717, 1.165) is 6.42 Å². The quantitative estimate of drug-likeness (QED) is 0.656. The molecule has 4 heteroatoms. The van der Waals surface area contributed by atoms with E-state index >= 15 is 0 Å². The van der Waals surface area contributed by atoms with Crippen molar-refractivity contribution in [3.63, 3.8) is 0 Å². The predicted octanol–water partition coefficient (Wildman–Crippen LogP) is 1.07. The van der Waals surface area contributed by atoms with Crippen LogP contribution in [-0.4, -0.2) is 17.4 Å². The van der Waals surface area contributed by atoms with Crippen molar-refractivity contribution in [2.24, 2.45) is 17.6 Å². The molecule has 0 aliphatic rings. The summed E-state index contributed by atoms with van der Waals surface area (Å²) >= 11 is 4.72. The van der Waals surface area contributed by atoms with Crippen molar-refractivity contribution in [2.75, 3.05) is 6.54 Å². The first-order valence-electron chi connectivity index (χ1n) is 4.56. The SMILES string of the molecule is CCC(C)CNC(=O)C(C)C(N)=S. The Bertz CT molecular complexity index is 194. The molecule has 13 heavy (non-hydrogen) atoms. The Morgan fingerprint density at radius 1 is 1.54 bits per heavy atom. The number of nitrogens with one attached hydrogen (secondary N) is 1. The van der Waals surface area contributed by atoms with Gasteiger partial charge in [0.05, 0.1) is 10.9 Å². The molecule has 2 atom stereocenters. The van der Waals surface area contributed by atoms with Crippen LogP contribution in [0.1, 0.15) is 27.2 Å². The van der Waals surface area contributed by atoms with Crippen molar-refractivity contribution in [3.05, 3.63) is 0 Å². The summed E-state index contributed by atoms with van der Waals surface area (Å²) in [6, 6.07) is 0. The van der Waals surface area contributed by atoms with Crippen LogP contribution in [0.2, 0.25) is 0 Å². The molecule has 2 unspecified atom stereocenters. The first-order chi connectivity index (χ1) is 5.99. The third-order valence-corrected chi connectivity index (χ3v) is 2.50. The van der Waals surface area contributed by atoms with Gasteiger partial charge in [-0.05, 0) is 12.8 Å². The van der Waals surface area contributed by atoms with E-state index in [4.69, 9.17) is 18.0 Å². The van der Waals surface area contributed by atoms with Crippen LogP contribution in [0.25, 0.3) is 0 Å². The monoisotopic (exact) mass is 202 g/mol. The zero-order valence-electron chi connectivity index (χ0n) is 8.46. The maximum Gasteiger partial charge on any atom is 0.229 e. The zero-order chi connectivity index (χ0) is 10.4. The minimum absolute atomic E-state index is 0.0761. The maximum absolute atomic E-state index is 11.3. The molecule has 0 aromatic rings. The van der Waals surface area contributed by atoms with Gasteiger partial charge in [-0.15, -0.1) is 0 Å². The van der Waals surface area contributed by atoms with Crippen LogP contribution in [-0.2, 0) is 4.79 Å². The number of amides is 1. The minimum atomic E-state index is -0.362. The molecule has 0 spiro atoms. The fraction of sp³-hybridized carbons (Fsp3) is 0.778. The molecule has 0 saturated heterocycles. The van der Waals surface area contributed by atoms with Gasteiger partial charge in [-0.25, -0.2) is 0 Å². The third-order valence-electron chi connectivity index (χ3n) is 2.14. The molecule has 76 valence electrons. The Hall–Kier alpha value is -0.640. The fourth-order valence-corrected chi connectivity index (χ4v) is 0.808.